The van der Waals surface area contributed by atoms with Gasteiger partial charge in [-0.05, 0) is 83.4 Å². The number of benzene rings is 1. The number of carbonyl (C=O) groups excluding carboxylic acids is 3. The van der Waals surface area contributed by atoms with Gasteiger partial charge in [-0.3, -0.25) is 14.4 Å². The molecule has 1 rings (SSSR count). The zero-order valence-corrected chi connectivity index (χ0v) is 31.4. The normalized spacial score (nSPS) is 12.4. The summed E-state index contributed by atoms with van der Waals surface area (Å²) in [6, 6.07) is 6.34. The fourth-order valence-electron chi connectivity index (χ4n) is 4.94. The van der Waals surface area contributed by atoms with Crippen LogP contribution >= 0.6 is 0 Å². The van der Waals surface area contributed by atoms with E-state index in [0.29, 0.717) is 38.2 Å². The molecule has 0 bridgehead atoms. The molecule has 0 fully saturated rings. The van der Waals surface area contributed by atoms with Crippen molar-refractivity contribution in [3.05, 3.63) is 42.0 Å². The van der Waals surface area contributed by atoms with Crippen molar-refractivity contribution >= 4 is 24.1 Å². The van der Waals surface area contributed by atoms with Gasteiger partial charge in [0, 0.05) is 33.0 Å². The number of allylic oxidation sites excluding steroid dienone is 2. The highest BCUT2D eigenvalue weighted by Gasteiger charge is 2.24. The average Bonchev–Trinajstić information content (AvgIpc) is 3.05. The Hall–Kier alpha value is -3.20. The summed E-state index contributed by atoms with van der Waals surface area (Å²) >= 11 is 0. The Bertz CT molecular complexity index is 1030. The topological polar surface area (TPSA) is 128 Å². The molecule has 1 amide bonds. The monoisotopic (exact) mass is 689 g/mol. The lowest BCUT2D eigenvalue weighted by Gasteiger charge is -2.23. The zero-order chi connectivity index (χ0) is 36.8. The summed E-state index contributed by atoms with van der Waals surface area (Å²) in [5.74, 6) is -0.119. The minimum atomic E-state index is -1.05. The Morgan fingerprint density at radius 3 is 2.00 bits per heavy atom. The van der Waals surface area contributed by atoms with Crippen LogP contribution in [0.1, 0.15) is 143 Å². The molecule has 49 heavy (non-hydrogen) atoms. The van der Waals surface area contributed by atoms with Crippen LogP contribution in [0.5, 0.6) is 5.75 Å². The van der Waals surface area contributed by atoms with Gasteiger partial charge in [0.25, 0.3) is 0 Å². The predicted molar refractivity (Wildman–Crippen MR) is 197 cm³/mol. The number of unbranched alkanes of at least 4 members (excludes halogenated alkanes) is 9. The second-order valence-corrected chi connectivity index (χ2v) is 13.6. The molecule has 0 aromatic heterocycles. The number of ether oxygens (including phenoxy) is 3. The van der Waals surface area contributed by atoms with E-state index in [1.54, 1.807) is 7.11 Å². The number of amides is 1. The van der Waals surface area contributed by atoms with Crippen LogP contribution in [0, 0.1) is 5.92 Å². The first-order valence-corrected chi connectivity index (χ1v) is 18.5. The number of nitrogens with one attached hydrogen (secondary N) is 1. The third-order valence-corrected chi connectivity index (χ3v) is 7.83. The number of hydrogen-bond donors (Lipinski definition) is 2. The molecule has 0 saturated heterocycles. The number of esters is 1. The minimum Gasteiger partial charge on any atom is -0.494 e. The number of Topliss-reactive ketones (excluding diaryl/α,β-unsaturated/α-hetero) is 1. The van der Waals surface area contributed by atoms with Crippen molar-refractivity contribution in [2.24, 2.45) is 5.92 Å². The highest BCUT2D eigenvalue weighted by molar-refractivity contribution is 5.78. The third-order valence-electron chi connectivity index (χ3n) is 7.83. The van der Waals surface area contributed by atoms with E-state index in [4.69, 9.17) is 19.3 Å². The standard InChI is InChI=1S/C26H48O4.C14H19NO4/c1-6-7-8-12-16-19-24(27)20-17-14-11-9-10-13-15-18-23(21-22-29-5)25(28)30-26(2,3)4;1-2-3-8-19-12-6-4-11(5-7-12)9-13(14(17)18)15-10-16/h13,15,23H,6-12,14,16-22H2,1-5H3;4-7,10,13H,2-3,8-9H2,1H3,(H,15,16)(H,17,18)/b15-13+;/t23-;13-/m00/s1. The first-order chi connectivity index (χ1) is 23.5. The molecular formula is C40H67NO8. The zero-order valence-electron chi connectivity index (χ0n) is 31.4. The summed E-state index contributed by atoms with van der Waals surface area (Å²) < 4.78 is 16.2. The lowest BCUT2D eigenvalue weighted by Crippen LogP contribution is -2.37. The summed E-state index contributed by atoms with van der Waals surface area (Å²) in [4.78, 5) is 45.4. The summed E-state index contributed by atoms with van der Waals surface area (Å²) in [7, 11) is 1.66. The second kappa shape index (κ2) is 29.7. The van der Waals surface area contributed by atoms with Gasteiger partial charge in [-0.15, -0.1) is 0 Å². The molecule has 2 N–H and O–H groups in total. The van der Waals surface area contributed by atoms with Gasteiger partial charge in [0.2, 0.25) is 6.41 Å². The number of ketones is 1. The van der Waals surface area contributed by atoms with E-state index in [1.807, 2.05) is 45.0 Å². The Morgan fingerprint density at radius 1 is 0.837 bits per heavy atom. The minimum absolute atomic E-state index is 0.140. The largest absolute Gasteiger partial charge is 0.494 e. The van der Waals surface area contributed by atoms with Crippen LogP contribution in [0.2, 0.25) is 0 Å². The number of hydrogen-bond acceptors (Lipinski definition) is 7. The van der Waals surface area contributed by atoms with Crippen molar-refractivity contribution in [2.45, 2.75) is 155 Å². The lowest BCUT2D eigenvalue weighted by atomic mass is 10.0. The quantitative estimate of drug-likeness (QED) is 0.0387. The fraction of sp³-hybridized carbons (Fsp3) is 0.700. The molecule has 2 atom stereocenters. The van der Waals surface area contributed by atoms with E-state index in [9.17, 15) is 19.2 Å². The lowest BCUT2D eigenvalue weighted by molar-refractivity contribution is -0.160. The Labute approximate surface area is 296 Å². The molecule has 0 aliphatic rings. The van der Waals surface area contributed by atoms with Crippen molar-refractivity contribution < 1.29 is 38.5 Å². The van der Waals surface area contributed by atoms with Crippen LogP contribution in [0.25, 0.3) is 0 Å². The Morgan fingerprint density at radius 2 is 1.45 bits per heavy atom. The fourth-order valence-corrected chi connectivity index (χ4v) is 4.94. The molecule has 9 heteroatoms. The predicted octanol–water partition coefficient (Wildman–Crippen LogP) is 8.80. The van der Waals surface area contributed by atoms with E-state index < -0.39 is 17.6 Å². The van der Waals surface area contributed by atoms with E-state index in [-0.39, 0.29) is 18.3 Å². The first kappa shape index (κ1) is 45.8. The maximum atomic E-state index is 12.3. The summed E-state index contributed by atoms with van der Waals surface area (Å²) in [5, 5.41) is 11.2. The molecule has 0 spiro atoms. The summed E-state index contributed by atoms with van der Waals surface area (Å²) in [6.07, 6.45) is 21.5. The molecule has 0 heterocycles. The molecule has 0 unspecified atom stereocenters. The average molecular weight is 690 g/mol. The molecule has 0 aliphatic heterocycles. The van der Waals surface area contributed by atoms with E-state index in [1.165, 1.54) is 25.7 Å². The van der Waals surface area contributed by atoms with Gasteiger partial charge < -0.3 is 24.6 Å². The molecule has 9 nitrogen and oxygen atoms in total. The summed E-state index contributed by atoms with van der Waals surface area (Å²) in [5.41, 5.74) is 0.382. The number of carboxylic acid groups (broad SMARTS) is 1. The van der Waals surface area contributed by atoms with Gasteiger partial charge in [-0.1, -0.05) is 83.1 Å². The number of carboxylic acids is 1. The van der Waals surface area contributed by atoms with E-state index in [2.05, 4.69) is 31.3 Å². The summed E-state index contributed by atoms with van der Waals surface area (Å²) in [6.45, 7) is 11.2. The van der Waals surface area contributed by atoms with Gasteiger partial charge >= 0.3 is 11.9 Å². The molecule has 0 radical (unpaired) electrons. The first-order valence-electron chi connectivity index (χ1n) is 18.5. The Balaban J connectivity index is 0.00000104. The van der Waals surface area contributed by atoms with Crippen LogP contribution in [0.3, 0.4) is 0 Å². The molecule has 1 aromatic carbocycles. The van der Waals surface area contributed by atoms with Crippen LogP contribution in [-0.2, 0) is 35.1 Å². The molecule has 280 valence electrons. The maximum Gasteiger partial charge on any atom is 0.326 e. The van der Waals surface area contributed by atoms with E-state index in [0.717, 1.165) is 75.5 Å². The number of methoxy groups -OCH3 is 1. The third kappa shape index (κ3) is 27.3. The van der Waals surface area contributed by atoms with Crippen LogP contribution in [0.4, 0.5) is 0 Å². The van der Waals surface area contributed by atoms with Crippen molar-refractivity contribution in [3.63, 3.8) is 0 Å². The highest BCUT2D eigenvalue weighted by atomic mass is 16.6. The van der Waals surface area contributed by atoms with Crippen LogP contribution < -0.4 is 10.1 Å². The van der Waals surface area contributed by atoms with Gasteiger partial charge in [-0.25, -0.2) is 4.79 Å². The number of aliphatic carboxylic acids is 1. The van der Waals surface area contributed by atoms with Crippen molar-refractivity contribution in [3.8, 4) is 5.75 Å². The molecule has 0 aliphatic carbocycles. The van der Waals surface area contributed by atoms with Gasteiger partial charge in [0.1, 0.15) is 23.2 Å². The van der Waals surface area contributed by atoms with Gasteiger partial charge in [-0.2, -0.15) is 0 Å². The highest BCUT2D eigenvalue weighted by Crippen LogP contribution is 2.18. The van der Waals surface area contributed by atoms with Crippen LogP contribution in [0.15, 0.2) is 36.4 Å². The SMILES string of the molecule is CCCCCCCC(=O)CCCCCC/C=C/C[C@@H](CCOC)C(=O)OC(C)(C)C.CCCCOc1ccc(C[C@H](NC=O)C(=O)O)cc1. The number of carbonyl (C=O) groups is 4. The maximum absolute atomic E-state index is 12.3. The second-order valence-electron chi connectivity index (χ2n) is 13.6. The van der Waals surface area contributed by atoms with Crippen molar-refractivity contribution in [2.75, 3.05) is 20.3 Å². The smallest absolute Gasteiger partial charge is 0.326 e. The van der Waals surface area contributed by atoms with Crippen molar-refractivity contribution in [1.82, 2.24) is 5.32 Å². The number of rotatable bonds is 28. The van der Waals surface area contributed by atoms with E-state index >= 15 is 0 Å². The molecular weight excluding hydrogens is 622 g/mol. The van der Waals surface area contributed by atoms with Gasteiger partial charge in [0.05, 0.1) is 12.5 Å². The molecule has 0 saturated carbocycles. The van der Waals surface area contributed by atoms with Crippen molar-refractivity contribution in [1.29, 1.82) is 0 Å². The van der Waals surface area contributed by atoms with Crippen LogP contribution in [-0.4, -0.2) is 61.2 Å². The molecule has 1 aromatic rings. The Kier molecular flexibility index (Phi) is 27.8. The van der Waals surface area contributed by atoms with Gasteiger partial charge in [0.15, 0.2) is 0 Å².